The van der Waals surface area contributed by atoms with E-state index in [0.717, 1.165) is 121 Å². The van der Waals surface area contributed by atoms with Gasteiger partial charge in [-0.2, -0.15) is 0 Å². The molecule has 0 aliphatic carbocycles. The second-order valence-corrected chi connectivity index (χ2v) is 31.2. The van der Waals surface area contributed by atoms with Crippen molar-refractivity contribution in [2.45, 2.75) is 412 Å². The van der Waals surface area contributed by atoms with Crippen LogP contribution in [0.4, 0.5) is 0 Å². The van der Waals surface area contributed by atoms with Crippen molar-refractivity contribution < 1.29 is 80.2 Å². The summed E-state index contributed by atoms with van der Waals surface area (Å²) < 4.78 is 68.5. The van der Waals surface area contributed by atoms with Crippen LogP contribution in [0.2, 0.25) is 0 Å². The molecule has 0 radical (unpaired) electrons. The number of allylic oxidation sites excluding steroid dienone is 4. The fourth-order valence-electron chi connectivity index (χ4n) is 11.7. The van der Waals surface area contributed by atoms with Crippen molar-refractivity contribution in [1.82, 2.24) is 0 Å². The Kier molecular flexibility index (Phi) is 69.7. The molecule has 0 aliphatic rings. The van der Waals surface area contributed by atoms with Gasteiger partial charge < -0.3 is 33.8 Å². The molecule has 0 spiro atoms. The summed E-state index contributed by atoms with van der Waals surface area (Å²) >= 11 is 0. The Balaban J connectivity index is 5.20. The van der Waals surface area contributed by atoms with Crippen molar-refractivity contribution >= 4 is 39.5 Å². The van der Waals surface area contributed by atoms with E-state index in [0.29, 0.717) is 25.7 Å². The van der Waals surface area contributed by atoms with E-state index in [1.54, 1.807) is 0 Å². The first-order chi connectivity index (χ1) is 47.5. The molecule has 98 heavy (non-hydrogen) atoms. The third-order valence-electron chi connectivity index (χ3n) is 17.9. The predicted molar refractivity (Wildman–Crippen MR) is 400 cm³/mol. The van der Waals surface area contributed by atoms with E-state index in [1.807, 2.05) is 0 Å². The maximum absolute atomic E-state index is 13.1. The minimum atomic E-state index is -4.97. The van der Waals surface area contributed by atoms with Crippen LogP contribution in [0.15, 0.2) is 24.3 Å². The molecule has 3 N–H and O–H groups in total. The third-order valence-corrected chi connectivity index (χ3v) is 19.8. The summed E-state index contributed by atoms with van der Waals surface area (Å²) in [6.07, 6.45) is 64.9. The number of unbranched alkanes of at least 4 members (excludes halogenated alkanes) is 46. The standard InChI is InChI=1S/C79H150O17P2/c1-6-9-12-15-18-21-23-25-27-28-29-30-31-32-33-35-37-39-44-49-54-59-64-78(83)96-75(69-90-77(82)63-58-53-48-43-38-36-34-26-24-22-19-16-13-10-7-2)71-94-98(87,88)92-67-73(80)66-91-97(85,86)93-70-74(68-89-76(81)62-57-52-47-20-17-14-11-8-3)95-79(84)65-60-55-50-45-41-40-42-46-51-56-61-72(4)5/h22,24,26,34,72-75,80H,6-21,23,25,27-33,35-71H2,1-5H3,(H,85,86)(H,87,88)/b24-22-,34-26-/t73-,74+,75+/m0/s1. The van der Waals surface area contributed by atoms with Gasteiger partial charge in [0.2, 0.25) is 0 Å². The number of phosphoric acid groups is 2. The van der Waals surface area contributed by atoms with Crippen LogP contribution in [0.25, 0.3) is 0 Å². The SMILES string of the molecule is CCCCCC/C=C\C=C/CCCCCCCC(=O)OC[C@H](COP(=O)(O)OC[C@@H](O)COP(=O)(O)OC[C@@H](COC(=O)CCCCCCCCCC)OC(=O)CCCCCCCCCCCCC(C)C)OC(=O)CCCCCCCCCCCCCCCCCCCCCCCC. The lowest BCUT2D eigenvalue weighted by molar-refractivity contribution is -0.161. The lowest BCUT2D eigenvalue weighted by Crippen LogP contribution is -2.30. The molecule has 2 unspecified atom stereocenters. The summed E-state index contributed by atoms with van der Waals surface area (Å²) in [6.45, 7) is 7.20. The summed E-state index contributed by atoms with van der Waals surface area (Å²) in [5.74, 6) is -1.39. The molecule has 0 fully saturated rings. The third kappa shape index (κ3) is 71.9. The van der Waals surface area contributed by atoms with Gasteiger partial charge in [0.15, 0.2) is 12.2 Å². The Hall–Kier alpha value is -2.46. The van der Waals surface area contributed by atoms with E-state index in [1.165, 1.54) is 193 Å². The molecule has 0 bridgehead atoms. The Labute approximate surface area is 599 Å². The van der Waals surface area contributed by atoms with Crippen molar-refractivity contribution in [2.24, 2.45) is 5.92 Å². The smallest absolute Gasteiger partial charge is 0.462 e. The number of carbonyl (C=O) groups excluding carboxylic acids is 4. The fraction of sp³-hybridized carbons (Fsp3) is 0.899. The first-order valence-corrected chi connectivity index (χ1v) is 43.4. The number of carbonyl (C=O) groups is 4. The zero-order valence-electron chi connectivity index (χ0n) is 63.4. The van der Waals surface area contributed by atoms with E-state index < -0.39 is 97.5 Å². The summed E-state index contributed by atoms with van der Waals surface area (Å²) in [5.41, 5.74) is 0. The van der Waals surface area contributed by atoms with Gasteiger partial charge in [-0.1, -0.05) is 341 Å². The Bertz CT molecular complexity index is 1970. The van der Waals surface area contributed by atoms with Crippen LogP contribution in [0.5, 0.6) is 0 Å². The van der Waals surface area contributed by atoms with Crippen LogP contribution in [-0.2, 0) is 65.4 Å². The van der Waals surface area contributed by atoms with Crippen LogP contribution in [-0.4, -0.2) is 96.7 Å². The van der Waals surface area contributed by atoms with E-state index in [9.17, 15) is 43.2 Å². The minimum absolute atomic E-state index is 0.102. The van der Waals surface area contributed by atoms with E-state index in [2.05, 4.69) is 58.9 Å². The number of aliphatic hydroxyl groups excluding tert-OH is 1. The number of aliphatic hydroxyl groups is 1. The van der Waals surface area contributed by atoms with E-state index in [4.69, 9.17) is 37.0 Å². The van der Waals surface area contributed by atoms with Gasteiger partial charge in [0, 0.05) is 25.7 Å². The molecule has 578 valence electrons. The summed E-state index contributed by atoms with van der Waals surface area (Å²) in [5, 5.41) is 10.6. The number of hydrogen-bond acceptors (Lipinski definition) is 15. The summed E-state index contributed by atoms with van der Waals surface area (Å²) in [4.78, 5) is 72.8. The average Bonchev–Trinajstić information content (AvgIpc) is 1.12. The molecular weight excluding hydrogens is 1280 g/mol. The lowest BCUT2D eigenvalue weighted by atomic mass is 10.0. The molecule has 17 nitrogen and oxygen atoms in total. The van der Waals surface area contributed by atoms with Crippen molar-refractivity contribution in [1.29, 1.82) is 0 Å². The average molecular weight is 1430 g/mol. The zero-order valence-corrected chi connectivity index (χ0v) is 65.2. The first kappa shape index (κ1) is 95.5. The van der Waals surface area contributed by atoms with Crippen molar-refractivity contribution in [3.63, 3.8) is 0 Å². The van der Waals surface area contributed by atoms with Crippen molar-refractivity contribution in [3.8, 4) is 0 Å². The molecule has 0 amide bonds. The van der Waals surface area contributed by atoms with Gasteiger partial charge in [0.1, 0.15) is 19.3 Å². The highest BCUT2D eigenvalue weighted by Crippen LogP contribution is 2.45. The van der Waals surface area contributed by atoms with Gasteiger partial charge in [0.25, 0.3) is 0 Å². The normalized spacial score (nSPS) is 14.1. The molecule has 19 heteroatoms. The number of esters is 4. The zero-order chi connectivity index (χ0) is 71.9. The molecule has 0 aromatic carbocycles. The molecule has 5 atom stereocenters. The molecule has 0 aromatic rings. The van der Waals surface area contributed by atoms with Crippen LogP contribution < -0.4 is 0 Å². The minimum Gasteiger partial charge on any atom is -0.462 e. The monoisotopic (exact) mass is 1430 g/mol. The van der Waals surface area contributed by atoms with Gasteiger partial charge in [-0.3, -0.25) is 37.3 Å². The maximum atomic E-state index is 13.1. The van der Waals surface area contributed by atoms with Crippen LogP contribution in [0.1, 0.15) is 394 Å². The number of hydrogen-bond donors (Lipinski definition) is 3. The van der Waals surface area contributed by atoms with Gasteiger partial charge in [-0.25, -0.2) is 9.13 Å². The lowest BCUT2D eigenvalue weighted by Gasteiger charge is -2.21. The highest BCUT2D eigenvalue weighted by Gasteiger charge is 2.30. The molecule has 0 heterocycles. The molecule has 0 aliphatic heterocycles. The summed E-state index contributed by atoms with van der Waals surface area (Å²) in [7, 11) is -9.92. The predicted octanol–water partition coefficient (Wildman–Crippen LogP) is 23.2. The topological polar surface area (TPSA) is 237 Å². The highest BCUT2D eigenvalue weighted by molar-refractivity contribution is 7.47. The van der Waals surface area contributed by atoms with Crippen LogP contribution in [0, 0.1) is 5.92 Å². The Morgan fingerprint density at radius 1 is 0.316 bits per heavy atom. The van der Waals surface area contributed by atoms with E-state index in [-0.39, 0.29) is 25.7 Å². The van der Waals surface area contributed by atoms with Crippen molar-refractivity contribution in [3.05, 3.63) is 24.3 Å². The quantitative estimate of drug-likeness (QED) is 0.0169. The number of phosphoric ester groups is 2. The molecule has 0 aromatic heterocycles. The summed E-state index contributed by atoms with van der Waals surface area (Å²) in [6, 6.07) is 0. The Morgan fingerprint density at radius 2 is 0.551 bits per heavy atom. The van der Waals surface area contributed by atoms with Crippen LogP contribution in [0.3, 0.4) is 0 Å². The van der Waals surface area contributed by atoms with Gasteiger partial charge >= 0.3 is 39.5 Å². The molecule has 0 rings (SSSR count). The van der Waals surface area contributed by atoms with Gasteiger partial charge in [-0.05, 0) is 57.3 Å². The van der Waals surface area contributed by atoms with Gasteiger partial charge in [0.05, 0.1) is 26.4 Å². The first-order valence-electron chi connectivity index (χ1n) is 40.5. The van der Waals surface area contributed by atoms with E-state index >= 15 is 0 Å². The van der Waals surface area contributed by atoms with Gasteiger partial charge in [-0.15, -0.1) is 0 Å². The molecule has 0 saturated carbocycles. The largest absolute Gasteiger partial charge is 0.472 e. The molecular formula is C79H150O17P2. The second-order valence-electron chi connectivity index (χ2n) is 28.2. The number of rotatable bonds is 77. The fourth-order valence-corrected chi connectivity index (χ4v) is 13.3. The Morgan fingerprint density at radius 3 is 0.837 bits per heavy atom. The van der Waals surface area contributed by atoms with Crippen molar-refractivity contribution in [2.75, 3.05) is 39.6 Å². The van der Waals surface area contributed by atoms with Crippen LogP contribution >= 0.6 is 15.6 Å². The maximum Gasteiger partial charge on any atom is 0.472 e. The second kappa shape index (κ2) is 71.5. The highest BCUT2D eigenvalue weighted by atomic mass is 31.2. The number of ether oxygens (including phenoxy) is 4. The molecule has 0 saturated heterocycles.